The molecule has 1 aliphatic rings. The van der Waals surface area contributed by atoms with Crippen LogP contribution in [0.2, 0.25) is 0 Å². The second-order valence-electron chi connectivity index (χ2n) is 3.70. The Morgan fingerprint density at radius 1 is 1.47 bits per heavy atom. The summed E-state index contributed by atoms with van der Waals surface area (Å²) in [5, 5.41) is 21.2. The Labute approximate surface area is 87.2 Å². The van der Waals surface area contributed by atoms with E-state index in [4.69, 9.17) is 5.26 Å². The smallest absolute Gasteiger partial charge is 0.124 e. The molecule has 1 saturated carbocycles. The summed E-state index contributed by atoms with van der Waals surface area (Å²) in [6.45, 7) is 0. The van der Waals surface area contributed by atoms with Crippen LogP contribution in [-0.2, 0) is 0 Å². The highest BCUT2D eigenvalue weighted by atomic mass is 19.1. The molecule has 1 aromatic rings. The van der Waals surface area contributed by atoms with E-state index < -0.39 is 5.82 Å². The van der Waals surface area contributed by atoms with Crippen LogP contribution in [0, 0.1) is 17.1 Å². The lowest BCUT2D eigenvalue weighted by molar-refractivity contribution is 0.0786. The molecular weight excluding hydrogens is 195 g/mol. The molecule has 0 aromatic heterocycles. The van der Waals surface area contributed by atoms with Crippen molar-refractivity contribution in [2.75, 3.05) is 5.32 Å². The first kappa shape index (κ1) is 9.94. The summed E-state index contributed by atoms with van der Waals surface area (Å²) in [7, 11) is 0. The zero-order chi connectivity index (χ0) is 10.8. The van der Waals surface area contributed by atoms with Crippen LogP contribution in [0.5, 0.6) is 0 Å². The molecule has 15 heavy (non-hydrogen) atoms. The zero-order valence-electron chi connectivity index (χ0n) is 8.07. The van der Waals surface area contributed by atoms with Crippen LogP contribution in [0.4, 0.5) is 10.1 Å². The Bertz CT molecular complexity index is 414. The van der Waals surface area contributed by atoms with Gasteiger partial charge in [-0.1, -0.05) is 0 Å². The third-order valence-corrected chi connectivity index (χ3v) is 2.68. The Hall–Kier alpha value is -1.60. The third-order valence-electron chi connectivity index (χ3n) is 2.68. The van der Waals surface area contributed by atoms with Gasteiger partial charge in [-0.15, -0.1) is 0 Å². The topological polar surface area (TPSA) is 56.0 Å². The van der Waals surface area contributed by atoms with Gasteiger partial charge in [-0.05, 0) is 31.0 Å². The number of nitriles is 1. The van der Waals surface area contributed by atoms with Crippen molar-refractivity contribution in [3.63, 3.8) is 0 Å². The molecule has 4 heteroatoms. The van der Waals surface area contributed by atoms with Gasteiger partial charge in [-0.25, -0.2) is 4.39 Å². The molecule has 1 aromatic carbocycles. The lowest BCUT2D eigenvalue weighted by Gasteiger charge is -2.34. The van der Waals surface area contributed by atoms with E-state index in [-0.39, 0.29) is 17.7 Å². The number of benzene rings is 1. The van der Waals surface area contributed by atoms with Crippen molar-refractivity contribution < 1.29 is 9.50 Å². The first-order valence-corrected chi connectivity index (χ1v) is 4.85. The molecule has 0 spiro atoms. The molecule has 0 amide bonds. The highest BCUT2D eigenvalue weighted by Gasteiger charge is 2.28. The third kappa shape index (κ3) is 1.92. The average molecular weight is 206 g/mol. The van der Waals surface area contributed by atoms with Crippen LogP contribution >= 0.6 is 0 Å². The van der Waals surface area contributed by atoms with Gasteiger partial charge in [-0.2, -0.15) is 5.26 Å². The Morgan fingerprint density at radius 3 is 2.80 bits per heavy atom. The van der Waals surface area contributed by atoms with Crippen molar-refractivity contribution in [1.29, 1.82) is 5.26 Å². The van der Waals surface area contributed by atoms with Crippen LogP contribution in [0.1, 0.15) is 18.4 Å². The van der Waals surface area contributed by atoms with Crippen molar-refractivity contribution in [3.8, 4) is 6.07 Å². The van der Waals surface area contributed by atoms with Crippen molar-refractivity contribution in [2.45, 2.75) is 25.0 Å². The normalized spacial score (nSPS) is 24.1. The molecule has 0 aliphatic heterocycles. The Morgan fingerprint density at radius 2 is 2.27 bits per heavy atom. The molecule has 2 N–H and O–H groups in total. The van der Waals surface area contributed by atoms with Crippen molar-refractivity contribution in [1.82, 2.24) is 0 Å². The fourth-order valence-corrected chi connectivity index (χ4v) is 1.59. The number of aliphatic hydroxyl groups is 1. The number of nitrogens with zero attached hydrogens (tertiary/aromatic N) is 1. The predicted molar refractivity (Wildman–Crippen MR) is 53.8 cm³/mol. The summed E-state index contributed by atoms with van der Waals surface area (Å²) < 4.78 is 12.8. The second kappa shape index (κ2) is 3.87. The van der Waals surface area contributed by atoms with Crippen LogP contribution in [-0.4, -0.2) is 17.3 Å². The van der Waals surface area contributed by atoms with Gasteiger partial charge in [0, 0.05) is 0 Å². The quantitative estimate of drug-likeness (QED) is 0.773. The van der Waals surface area contributed by atoms with Crippen molar-refractivity contribution in [3.05, 3.63) is 29.6 Å². The number of nitrogens with one attached hydrogen (secondary N) is 1. The lowest BCUT2D eigenvalue weighted by atomic mass is 9.89. The minimum Gasteiger partial charge on any atom is -0.391 e. The van der Waals surface area contributed by atoms with E-state index in [2.05, 4.69) is 5.32 Å². The van der Waals surface area contributed by atoms with Crippen LogP contribution in [0.15, 0.2) is 18.2 Å². The molecule has 1 aliphatic carbocycles. The van der Waals surface area contributed by atoms with Gasteiger partial charge in [0.25, 0.3) is 0 Å². The molecule has 78 valence electrons. The van der Waals surface area contributed by atoms with Gasteiger partial charge >= 0.3 is 0 Å². The average Bonchev–Trinajstić information content (AvgIpc) is 2.25. The molecule has 0 saturated heterocycles. The number of halogens is 1. The molecule has 2 rings (SSSR count). The molecular formula is C11H11FN2O. The highest BCUT2D eigenvalue weighted by Crippen LogP contribution is 2.26. The van der Waals surface area contributed by atoms with Crippen molar-refractivity contribution in [2.24, 2.45) is 0 Å². The first-order chi connectivity index (χ1) is 7.20. The highest BCUT2D eigenvalue weighted by molar-refractivity contribution is 5.58. The molecule has 0 radical (unpaired) electrons. The summed E-state index contributed by atoms with van der Waals surface area (Å²) in [5.41, 5.74) is 0.858. The van der Waals surface area contributed by atoms with E-state index >= 15 is 0 Å². The van der Waals surface area contributed by atoms with Crippen molar-refractivity contribution >= 4 is 5.69 Å². The fraction of sp³-hybridized carbons (Fsp3) is 0.364. The Balaban J connectivity index is 2.17. The molecule has 3 nitrogen and oxygen atoms in total. The van der Waals surface area contributed by atoms with Gasteiger partial charge in [0.15, 0.2) is 0 Å². The maximum Gasteiger partial charge on any atom is 0.124 e. The first-order valence-electron chi connectivity index (χ1n) is 4.85. The van der Waals surface area contributed by atoms with E-state index in [1.807, 2.05) is 6.07 Å². The lowest BCUT2D eigenvalue weighted by Crippen LogP contribution is -2.42. The molecule has 0 heterocycles. The number of aliphatic hydroxyl groups excluding tert-OH is 1. The summed E-state index contributed by atoms with van der Waals surface area (Å²) in [6.07, 6.45) is 1.30. The number of hydrogen-bond donors (Lipinski definition) is 2. The van der Waals surface area contributed by atoms with Crippen LogP contribution in [0.25, 0.3) is 0 Å². The monoisotopic (exact) mass is 206 g/mol. The van der Waals surface area contributed by atoms with Gasteiger partial charge in [0.05, 0.1) is 23.4 Å². The molecule has 1 fully saturated rings. The van der Waals surface area contributed by atoms with Crippen LogP contribution < -0.4 is 5.32 Å². The standard InChI is InChI=1S/C11H11FN2O/c12-8-1-2-9(7(5-8)6-13)14-10-3-4-11(10)15/h1-2,5,10-11,14-15H,3-4H2/t10-,11-/m1/s1. The van der Waals surface area contributed by atoms with E-state index in [9.17, 15) is 9.50 Å². The summed E-state index contributed by atoms with van der Waals surface area (Å²) in [6, 6.07) is 5.92. The summed E-state index contributed by atoms with van der Waals surface area (Å²) >= 11 is 0. The van der Waals surface area contributed by atoms with Gasteiger partial charge in [0.1, 0.15) is 11.9 Å². The van der Waals surface area contributed by atoms with E-state index in [1.165, 1.54) is 18.2 Å². The minimum atomic E-state index is -0.425. The fourth-order valence-electron chi connectivity index (χ4n) is 1.59. The number of rotatable bonds is 2. The maximum atomic E-state index is 12.8. The van der Waals surface area contributed by atoms with E-state index in [0.717, 1.165) is 12.8 Å². The van der Waals surface area contributed by atoms with Gasteiger partial charge in [0.2, 0.25) is 0 Å². The maximum absolute atomic E-state index is 12.8. The largest absolute Gasteiger partial charge is 0.391 e. The molecule has 0 unspecified atom stereocenters. The molecule has 2 atom stereocenters. The van der Waals surface area contributed by atoms with Gasteiger partial charge < -0.3 is 10.4 Å². The summed E-state index contributed by atoms with van der Waals surface area (Å²) in [5.74, 6) is -0.425. The zero-order valence-corrected chi connectivity index (χ0v) is 8.07. The van der Waals surface area contributed by atoms with E-state index in [1.54, 1.807) is 0 Å². The van der Waals surface area contributed by atoms with E-state index in [0.29, 0.717) is 5.69 Å². The minimum absolute atomic E-state index is 0.0115. The predicted octanol–water partition coefficient (Wildman–Crippen LogP) is 1.63. The second-order valence-corrected chi connectivity index (χ2v) is 3.70. The summed E-state index contributed by atoms with van der Waals surface area (Å²) in [4.78, 5) is 0. The Kier molecular flexibility index (Phi) is 2.57. The van der Waals surface area contributed by atoms with Crippen LogP contribution in [0.3, 0.4) is 0 Å². The number of anilines is 1. The number of hydrogen-bond acceptors (Lipinski definition) is 3. The molecule has 0 bridgehead atoms. The SMILES string of the molecule is N#Cc1cc(F)ccc1N[C@@H]1CC[C@H]1O. The van der Waals surface area contributed by atoms with Gasteiger partial charge in [-0.3, -0.25) is 0 Å².